The minimum Gasteiger partial charge on any atom is -0.497 e. The lowest BCUT2D eigenvalue weighted by Gasteiger charge is -2.26. The highest BCUT2D eigenvalue weighted by Crippen LogP contribution is 2.36. The van der Waals surface area contributed by atoms with Crippen LogP contribution in [0, 0.1) is 0 Å². The van der Waals surface area contributed by atoms with Crippen LogP contribution in [0.25, 0.3) is 0 Å². The van der Waals surface area contributed by atoms with Crippen LogP contribution in [0.4, 0.5) is 4.39 Å². The average molecular weight is 223 g/mol. The van der Waals surface area contributed by atoms with E-state index in [4.69, 9.17) is 14.0 Å². The Balaban J connectivity index is 2.13. The van der Waals surface area contributed by atoms with Gasteiger partial charge in [-0.05, 0) is 24.2 Å². The summed E-state index contributed by atoms with van der Waals surface area (Å²) in [6, 6.07) is 0. The molecule has 0 radical (unpaired) electrons. The summed E-state index contributed by atoms with van der Waals surface area (Å²) in [5.74, 6) is -0.321. The van der Waals surface area contributed by atoms with Crippen LogP contribution in [0.1, 0.15) is 0 Å². The molecule has 4 nitrogen and oxygen atoms in total. The van der Waals surface area contributed by atoms with Crippen molar-refractivity contribution in [3.63, 3.8) is 0 Å². The molecule has 3 aliphatic rings. The molecule has 0 aromatic heterocycles. The third-order valence-corrected chi connectivity index (χ3v) is 2.91. The zero-order valence-corrected chi connectivity index (χ0v) is 8.83. The van der Waals surface area contributed by atoms with E-state index in [1.54, 1.807) is 13.1 Å². The van der Waals surface area contributed by atoms with Gasteiger partial charge < -0.3 is 14.0 Å². The fraction of sp³-hybridized carbons (Fsp3) is 0.400. The number of nitrogens with one attached hydrogen (secondary N) is 1. The molecule has 84 valence electrons. The van der Waals surface area contributed by atoms with Gasteiger partial charge in [-0.1, -0.05) is 0 Å². The van der Waals surface area contributed by atoms with Crippen molar-refractivity contribution < 1.29 is 18.4 Å². The fourth-order valence-corrected chi connectivity index (χ4v) is 2.13. The number of ether oxygens (including phenoxy) is 1. The van der Waals surface area contributed by atoms with Crippen LogP contribution in [-0.2, 0) is 14.0 Å². The second-order valence-corrected chi connectivity index (χ2v) is 3.84. The predicted octanol–water partition coefficient (Wildman–Crippen LogP) is 0.684. The van der Waals surface area contributed by atoms with Crippen molar-refractivity contribution >= 4 is 7.12 Å². The summed E-state index contributed by atoms with van der Waals surface area (Å²) in [7, 11) is 1.17. The molecule has 0 fully saturated rings. The largest absolute Gasteiger partial charge is 0.497 e. The minimum absolute atomic E-state index is 0.321. The highest BCUT2D eigenvalue weighted by atomic mass is 19.1. The molecule has 0 spiro atoms. The van der Waals surface area contributed by atoms with Crippen molar-refractivity contribution in [2.45, 2.75) is 6.23 Å². The van der Waals surface area contributed by atoms with Gasteiger partial charge in [-0.2, -0.15) is 0 Å². The number of hydrogen-bond acceptors (Lipinski definition) is 4. The van der Waals surface area contributed by atoms with Gasteiger partial charge in [0.25, 0.3) is 0 Å². The molecule has 3 rings (SSSR count). The van der Waals surface area contributed by atoms with E-state index >= 15 is 0 Å². The summed E-state index contributed by atoms with van der Waals surface area (Å²) < 4.78 is 30.2. The first-order valence-electron chi connectivity index (χ1n) is 5.15. The molecule has 0 saturated heterocycles. The van der Waals surface area contributed by atoms with Crippen LogP contribution in [0.5, 0.6) is 0 Å². The van der Waals surface area contributed by atoms with E-state index in [9.17, 15) is 4.39 Å². The summed E-state index contributed by atoms with van der Waals surface area (Å²) in [4.78, 5) is 0. The Hall–Kier alpha value is -1.11. The van der Waals surface area contributed by atoms with Crippen LogP contribution in [-0.4, -0.2) is 33.6 Å². The third kappa shape index (κ3) is 1.34. The number of likely N-dealkylation sites (N-methyl/N-ethyl adjacent to an activating group) is 1. The topological polar surface area (TPSA) is 39.7 Å². The lowest BCUT2D eigenvalue weighted by atomic mass is 9.71. The molecule has 16 heavy (non-hydrogen) atoms. The average Bonchev–Trinajstić information content (AvgIpc) is 2.57. The molecule has 1 N–H and O–H groups in total. The molecule has 6 heteroatoms. The molecule has 0 saturated carbocycles. The Morgan fingerprint density at radius 3 is 3.19 bits per heavy atom. The monoisotopic (exact) mass is 223 g/mol. The van der Waals surface area contributed by atoms with Gasteiger partial charge in [0, 0.05) is 5.57 Å². The fourth-order valence-electron chi connectivity index (χ4n) is 2.13. The smallest absolute Gasteiger partial charge is 0.496 e. The highest BCUT2D eigenvalue weighted by molar-refractivity contribution is 6.57. The van der Waals surface area contributed by atoms with Crippen molar-refractivity contribution in [3.8, 4) is 0 Å². The molecular weight excluding hydrogens is 212 g/mol. The molecule has 0 aliphatic carbocycles. The first kappa shape index (κ1) is 10.1. The van der Waals surface area contributed by atoms with E-state index < -0.39 is 13.3 Å². The predicted molar refractivity (Wildman–Crippen MR) is 55.9 cm³/mol. The summed E-state index contributed by atoms with van der Waals surface area (Å²) >= 11 is 0. The summed E-state index contributed by atoms with van der Waals surface area (Å²) in [5.41, 5.74) is 2.27. The van der Waals surface area contributed by atoms with Gasteiger partial charge in [0.15, 0.2) is 0 Å². The Morgan fingerprint density at radius 1 is 1.50 bits per heavy atom. The second-order valence-electron chi connectivity index (χ2n) is 3.84. The molecule has 1 atom stereocenters. The number of halogens is 1. The first-order valence-corrected chi connectivity index (χ1v) is 5.15. The SMILES string of the molecule is CNC1OB2OCC3=C2C(=C1F)C=COC3. The summed E-state index contributed by atoms with van der Waals surface area (Å²) in [6.45, 7) is 0.877. The van der Waals surface area contributed by atoms with Gasteiger partial charge in [-0.15, -0.1) is 0 Å². The van der Waals surface area contributed by atoms with Crippen molar-refractivity contribution in [1.82, 2.24) is 5.32 Å². The molecule has 0 amide bonds. The molecule has 3 heterocycles. The van der Waals surface area contributed by atoms with Crippen LogP contribution in [0.15, 0.2) is 34.8 Å². The Kier molecular flexibility index (Phi) is 2.35. The molecular formula is C10H11BFNO3. The number of hydrogen-bond donors (Lipinski definition) is 1. The number of allylic oxidation sites excluding steroid dienone is 3. The van der Waals surface area contributed by atoms with Gasteiger partial charge in [0.05, 0.1) is 12.9 Å². The van der Waals surface area contributed by atoms with E-state index in [0.717, 1.165) is 11.0 Å². The molecule has 1 unspecified atom stereocenters. The lowest BCUT2D eigenvalue weighted by molar-refractivity contribution is 0.132. The maximum atomic E-state index is 14.0. The lowest BCUT2D eigenvalue weighted by Crippen LogP contribution is -2.41. The van der Waals surface area contributed by atoms with Crippen molar-refractivity contribution in [2.24, 2.45) is 0 Å². The third-order valence-electron chi connectivity index (χ3n) is 2.91. The first-order chi connectivity index (χ1) is 7.81. The van der Waals surface area contributed by atoms with Crippen LogP contribution >= 0.6 is 0 Å². The molecule has 0 aromatic carbocycles. The summed E-state index contributed by atoms with van der Waals surface area (Å²) in [5, 5.41) is 2.76. The maximum Gasteiger partial charge on any atom is 0.496 e. The molecule has 0 bridgehead atoms. The van der Waals surface area contributed by atoms with Crippen LogP contribution < -0.4 is 5.32 Å². The van der Waals surface area contributed by atoms with E-state index in [0.29, 0.717) is 18.8 Å². The summed E-state index contributed by atoms with van der Waals surface area (Å²) in [6.07, 6.45) is 2.40. The Labute approximate surface area is 92.9 Å². The van der Waals surface area contributed by atoms with Crippen molar-refractivity contribution in [2.75, 3.05) is 20.3 Å². The number of rotatable bonds is 1. The van der Waals surface area contributed by atoms with Crippen molar-refractivity contribution in [1.29, 1.82) is 0 Å². The van der Waals surface area contributed by atoms with Crippen molar-refractivity contribution in [3.05, 3.63) is 34.8 Å². The quantitative estimate of drug-likeness (QED) is 0.663. The van der Waals surface area contributed by atoms with Gasteiger partial charge in [0.1, 0.15) is 18.7 Å². The highest BCUT2D eigenvalue weighted by Gasteiger charge is 2.43. The molecule has 0 aromatic rings. The Morgan fingerprint density at radius 2 is 2.38 bits per heavy atom. The zero-order valence-electron chi connectivity index (χ0n) is 8.83. The van der Waals surface area contributed by atoms with E-state index in [1.165, 1.54) is 6.26 Å². The van der Waals surface area contributed by atoms with Gasteiger partial charge >= 0.3 is 7.12 Å². The minimum atomic E-state index is -0.745. The second kappa shape index (κ2) is 3.73. The molecule has 3 aliphatic heterocycles. The maximum absolute atomic E-state index is 14.0. The van der Waals surface area contributed by atoms with Gasteiger partial charge in [-0.25, -0.2) is 4.39 Å². The van der Waals surface area contributed by atoms with E-state index in [-0.39, 0.29) is 5.83 Å². The van der Waals surface area contributed by atoms with Gasteiger partial charge in [0.2, 0.25) is 0 Å². The van der Waals surface area contributed by atoms with E-state index in [2.05, 4.69) is 5.32 Å². The normalized spacial score (nSPS) is 28.1. The Bertz CT molecular complexity index is 418. The van der Waals surface area contributed by atoms with Crippen LogP contribution in [0.3, 0.4) is 0 Å². The van der Waals surface area contributed by atoms with E-state index in [1.807, 2.05) is 0 Å². The zero-order chi connectivity index (χ0) is 11.1. The van der Waals surface area contributed by atoms with Crippen LogP contribution in [0.2, 0.25) is 0 Å². The van der Waals surface area contributed by atoms with Gasteiger partial charge in [-0.3, -0.25) is 5.32 Å². The standard InChI is InChI=1S/C10H11BFNO3/c1-13-10-9(12)7-2-3-14-4-6-5-15-11(16-10)8(6)7/h2-3,10,13H,4-5H2,1H3.